The third-order valence-corrected chi connectivity index (χ3v) is 4.53. The van der Waals surface area contributed by atoms with Crippen molar-refractivity contribution in [3.05, 3.63) is 34.2 Å². The highest BCUT2D eigenvalue weighted by Gasteiger charge is 2.26. The van der Waals surface area contributed by atoms with Crippen LogP contribution in [0.4, 0.5) is 8.78 Å². The average molecular weight is 378 g/mol. The van der Waals surface area contributed by atoms with E-state index in [1.165, 1.54) is 22.9 Å². The number of pyridine rings is 1. The molecule has 1 atom stereocenters. The van der Waals surface area contributed by atoms with Crippen molar-refractivity contribution in [2.45, 2.75) is 31.9 Å². The minimum Gasteiger partial charge on any atom is -0.591 e. The number of nitrogens with zero attached hydrogens (tertiary/aromatic N) is 3. The van der Waals surface area contributed by atoms with Gasteiger partial charge in [0.1, 0.15) is 28.0 Å². The molecule has 0 aliphatic carbocycles. The van der Waals surface area contributed by atoms with E-state index in [0.29, 0.717) is 15.8 Å². The van der Waals surface area contributed by atoms with Crippen molar-refractivity contribution in [1.29, 1.82) is 0 Å². The Morgan fingerprint density at radius 1 is 1.43 bits per heavy atom. The Labute approximate surface area is 132 Å². The van der Waals surface area contributed by atoms with Gasteiger partial charge in [-0.05, 0) is 42.8 Å². The molecule has 0 N–H and O–H groups in total. The van der Waals surface area contributed by atoms with E-state index in [9.17, 15) is 13.3 Å². The lowest BCUT2D eigenvalue weighted by Crippen LogP contribution is -2.25. The van der Waals surface area contributed by atoms with Crippen LogP contribution in [0.25, 0.3) is 5.65 Å². The van der Waals surface area contributed by atoms with Gasteiger partial charge >= 0.3 is 0 Å². The molecule has 4 nitrogen and oxygen atoms in total. The fourth-order valence-electron chi connectivity index (χ4n) is 1.54. The molecule has 0 spiro atoms. The van der Waals surface area contributed by atoms with E-state index in [4.69, 9.17) is 0 Å². The van der Waals surface area contributed by atoms with Crippen molar-refractivity contribution in [1.82, 2.24) is 9.38 Å². The monoisotopic (exact) mass is 377 g/mol. The molecule has 0 unspecified atom stereocenters. The second-order valence-corrected chi connectivity index (χ2v) is 8.20. The molecule has 2 heterocycles. The number of hydrogen-bond acceptors (Lipinski definition) is 3. The van der Waals surface area contributed by atoms with E-state index >= 15 is 0 Å². The normalized spacial score (nSPS) is 14.5. The van der Waals surface area contributed by atoms with Crippen LogP contribution in [0.1, 0.15) is 38.5 Å². The van der Waals surface area contributed by atoms with Gasteiger partial charge in [0.25, 0.3) is 6.43 Å². The minimum atomic E-state index is -2.56. The quantitative estimate of drug-likeness (QED) is 0.601. The van der Waals surface area contributed by atoms with Crippen LogP contribution in [0.5, 0.6) is 0 Å². The molecule has 21 heavy (non-hydrogen) atoms. The molecular weight excluding hydrogens is 364 g/mol. The second kappa shape index (κ2) is 6.02. The molecule has 0 saturated heterocycles. The highest BCUT2D eigenvalue weighted by atomic mass is 79.9. The summed E-state index contributed by atoms with van der Waals surface area (Å²) in [5.41, 5.74) is 0.857. The molecule has 0 aliphatic rings. The molecule has 2 aromatic rings. The summed E-state index contributed by atoms with van der Waals surface area (Å²) in [6.45, 7) is 5.45. The first-order valence-electron chi connectivity index (χ1n) is 6.11. The standard InChI is InChI=1S/C13H14BrF2N3OS/c1-13(2,3)21(20)17-5-9-7-19-6-8(11(15)16)4-10(14)12(19)18-9/h4-7,11H,1-3H3/b17-5+/t21-/m1/s1. The third kappa shape index (κ3) is 3.81. The highest BCUT2D eigenvalue weighted by Crippen LogP contribution is 2.25. The van der Waals surface area contributed by atoms with Crippen LogP contribution in [0, 0.1) is 0 Å². The molecule has 0 radical (unpaired) electrons. The smallest absolute Gasteiger partial charge is 0.265 e. The summed E-state index contributed by atoms with van der Waals surface area (Å²) in [7, 11) is 0. The van der Waals surface area contributed by atoms with E-state index in [0.717, 1.165) is 0 Å². The molecule has 0 aromatic carbocycles. The summed E-state index contributed by atoms with van der Waals surface area (Å²) in [6.07, 6.45) is 1.71. The van der Waals surface area contributed by atoms with Crippen LogP contribution in [-0.2, 0) is 11.4 Å². The number of rotatable bonds is 3. The number of halogens is 3. The minimum absolute atomic E-state index is 0.103. The van der Waals surface area contributed by atoms with Gasteiger partial charge in [0.15, 0.2) is 5.65 Å². The second-order valence-electron chi connectivity index (χ2n) is 5.41. The molecule has 0 fully saturated rings. The van der Waals surface area contributed by atoms with Crippen molar-refractivity contribution in [3.63, 3.8) is 0 Å². The Balaban J connectivity index is 2.35. The number of aromatic nitrogens is 2. The topological polar surface area (TPSA) is 52.7 Å². The van der Waals surface area contributed by atoms with E-state index in [2.05, 4.69) is 25.3 Å². The van der Waals surface area contributed by atoms with Crippen LogP contribution < -0.4 is 0 Å². The van der Waals surface area contributed by atoms with E-state index in [1.807, 2.05) is 20.8 Å². The van der Waals surface area contributed by atoms with Gasteiger partial charge in [-0.3, -0.25) is 0 Å². The number of alkyl halides is 2. The number of imidazole rings is 1. The summed E-state index contributed by atoms with van der Waals surface area (Å²) < 4.78 is 42.8. The summed E-state index contributed by atoms with van der Waals surface area (Å²) in [5, 5.41) is 0. The zero-order valence-electron chi connectivity index (χ0n) is 11.7. The van der Waals surface area contributed by atoms with Crippen LogP contribution >= 0.6 is 15.9 Å². The van der Waals surface area contributed by atoms with Crippen LogP contribution in [0.3, 0.4) is 0 Å². The van der Waals surface area contributed by atoms with Crippen LogP contribution in [0.15, 0.2) is 27.3 Å². The highest BCUT2D eigenvalue weighted by molar-refractivity contribution is 9.10. The fraction of sp³-hybridized carbons (Fsp3) is 0.385. The lowest BCUT2D eigenvalue weighted by atomic mass is 10.3. The zero-order chi connectivity index (χ0) is 15.8. The van der Waals surface area contributed by atoms with Gasteiger partial charge in [-0.15, -0.1) is 0 Å². The van der Waals surface area contributed by atoms with Gasteiger partial charge in [0.05, 0.1) is 4.47 Å². The lowest BCUT2D eigenvalue weighted by Gasteiger charge is -2.17. The molecule has 8 heteroatoms. The maximum Gasteiger partial charge on any atom is 0.265 e. The lowest BCUT2D eigenvalue weighted by molar-refractivity contribution is 0.151. The van der Waals surface area contributed by atoms with Gasteiger partial charge in [0, 0.05) is 18.0 Å². The first-order chi connectivity index (χ1) is 9.68. The maximum atomic E-state index is 12.7. The molecule has 0 amide bonds. The molecule has 114 valence electrons. The molecule has 2 rings (SSSR count). The van der Waals surface area contributed by atoms with Crippen molar-refractivity contribution < 1.29 is 13.3 Å². The molecule has 0 saturated carbocycles. The Morgan fingerprint density at radius 3 is 2.67 bits per heavy atom. The van der Waals surface area contributed by atoms with Crippen molar-refractivity contribution >= 4 is 39.2 Å². The summed E-state index contributed by atoms with van der Waals surface area (Å²) in [5.74, 6) is 0. The molecular formula is C13H14BrF2N3OS. The van der Waals surface area contributed by atoms with Gasteiger partial charge in [-0.25, -0.2) is 13.8 Å². The largest absolute Gasteiger partial charge is 0.591 e. The van der Waals surface area contributed by atoms with Crippen LogP contribution in [-0.4, -0.2) is 24.9 Å². The first-order valence-corrected chi connectivity index (χ1v) is 8.01. The third-order valence-electron chi connectivity index (χ3n) is 2.60. The maximum absolute atomic E-state index is 12.7. The predicted octanol–water partition coefficient (Wildman–Crippen LogP) is 3.92. The SMILES string of the molecule is CC(C)(C)[S@@+]([O-])/N=C/c1cn2cc(C(F)F)cc(Br)c2n1. The van der Waals surface area contributed by atoms with Crippen LogP contribution in [0.2, 0.25) is 0 Å². The van der Waals surface area contributed by atoms with Gasteiger partial charge in [-0.1, -0.05) is 4.40 Å². The van der Waals surface area contributed by atoms with Gasteiger partial charge in [-0.2, -0.15) is 0 Å². The molecule has 2 aromatic heterocycles. The fourth-order valence-corrected chi connectivity index (χ4v) is 2.62. The summed E-state index contributed by atoms with van der Waals surface area (Å²) >= 11 is 1.83. The van der Waals surface area contributed by atoms with Gasteiger partial charge < -0.3 is 8.95 Å². The molecule has 0 aliphatic heterocycles. The number of hydrogen-bond donors (Lipinski definition) is 0. The van der Waals surface area contributed by atoms with Crippen molar-refractivity contribution in [3.8, 4) is 0 Å². The Hall–Kier alpha value is -0.990. The zero-order valence-corrected chi connectivity index (χ0v) is 14.1. The Kier molecular flexibility index (Phi) is 4.69. The average Bonchev–Trinajstić information content (AvgIpc) is 2.78. The van der Waals surface area contributed by atoms with E-state index in [-0.39, 0.29) is 5.56 Å². The first kappa shape index (κ1) is 16.4. The van der Waals surface area contributed by atoms with Gasteiger partial charge in [0.2, 0.25) is 0 Å². The van der Waals surface area contributed by atoms with Crippen molar-refractivity contribution in [2.24, 2.45) is 4.40 Å². The number of fused-ring (bicyclic) bond motifs is 1. The summed E-state index contributed by atoms with van der Waals surface area (Å²) in [4.78, 5) is 4.25. The Bertz CT molecular complexity index is 682. The Morgan fingerprint density at radius 2 is 2.10 bits per heavy atom. The molecule has 0 bridgehead atoms. The van der Waals surface area contributed by atoms with Crippen molar-refractivity contribution in [2.75, 3.05) is 0 Å². The van der Waals surface area contributed by atoms with E-state index < -0.39 is 22.5 Å². The summed E-state index contributed by atoms with van der Waals surface area (Å²) in [6, 6.07) is 1.33. The van der Waals surface area contributed by atoms with E-state index in [1.54, 1.807) is 6.20 Å². The predicted molar refractivity (Wildman–Crippen MR) is 83.3 cm³/mol.